The second kappa shape index (κ2) is 6.35. The van der Waals surface area contributed by atoms with Gasteiger partial charge in [-0.3, -0.25) is 0 Å². The van der Waals surface area contributed by atoms with Crippen LogP contribution in [0.2, 0.25) is 0 Å². The average molecular weight is 279 g/mol. The van der Waals surface area contributed by atoms with E-state index in [0.717, 1.165) is 23.6 Å². The van der Waals surface area contributed by atoms with Gasteiger partial charge in [0.25, 0.3) is 0 Å². The molecule has 1 fully saturated rings. The van der Waals surface area contributed by atoms with Crippen molar-refractivity contribution in [1.82, 2.24) is 9.03 Å². The van der Waals surface area contributed by atoms with Crippen molar-refractivity contribution in [3.8, 4) is 0 Å². The van der Waals surface area contributed by atoms with Gasteiger partial charge in [-0.15, -0.1) is 0 Å². The molecule has 3 N–H and O–H groups in total. The zero-order valence-electron chi connectivity index (χ0n) is 10.8. The highest BCUT2D eigenvalue weighted by Crippen LogP contribution is 2.22. The zero-order chi connectivity index (χ0) is 13.8. The van der Waals surface area contributed by atoms with Crippen molar-refractivity contribution >= 4 is 16.3 Å². The number of amides is 1. The Kier molecular flexibility index (Phi) is 5.36. The number of carbonyl (C=O) groups is 1. The van der Waals surface area contributed by atoms with Crippen LogP contribution in [0.4, 0.5) is 4.79 Å². The summed E-state index contributed by atoms with van der Waals surface area (Å²) in [5.41, 5.74) is 5.92. The van der Waals surface area contributed by atoms with Gasteiger partial charge in [0.2, 0.25) is 0 Å². The number of carbonyl (C=O) groups excluding carboxylic acids is 1. The largest absolute Gasteiger partial charge is 0.449 e. The molecule has 0 bridgehead atoms. The Morgan fingerprint density at radius 1 is 1.44 bits per heavy atom. The van der Waals surface area contributed by atoms with E-state index in [-0.39, 0.29) is 18.7 Å². The van der Waals surface area contributed by atoms with Gasteiger partial charge in [0, 0.05) is 19.1 Å². The molecule has 0 saturated heterocycles. The summed E-state index contributed by atoms with van der Waals surface area (Å²) in [7, 11) is -2.46. The van der Waals surface area contributed by atoms with E-state index in [1.807, 2.05) is 4.72 Å². The molecule has 1 aliphatic rings. The fourth-order valence-electron chi connectivity index (χ4n) is 2.11. The number of nitrogens with one attached hydrogen (secondary N) is 1. The summed E-state index contributed by atoms with van der Waals surface area (Å²) in [6, 6.07) is -0.465. The van der Waals surface area contributed by atoms with Crippen LogP contribution in [-0.2, 0) is 14.9 Å². The maximum absolute atomic E-state index is 11.9. The Morgan fingerprint density at radius 2 is 2.06 bits per heavy atom. The quantitative estimate of drug-likeness (QED) is 0.764. The summed E-state index contributed by atoms with van der Waals surface area (Å²) >= 11 is 0. The van der Waals surface area contributed by atoms with E-state index >= 15 is 0 Å². The molecule has 0 aliphatic heterocycles. The molecule has 0 radical (unpaired) electrons. The van der Waals surface area contributed by atoms with E-state index in [4.69, 9.17) is 5.73 Å². The topological polar surface area (TPSA) is 102 Å². The summed E-state index contributed by atoms with van der Waals surface area (Å²) in [6.07, 6.45) is 2.49. The highest BCUT2D eigenvalue weighted by Gasteiger charge is 2.33. The Labute approximate surface area is 108 Å². The maximum Gasteiger partial charge on any atom is 0.421 e. The predicted octanol–water partition coefficient (Wildman–Crippen LogP) is 0.179. The van der Waals surface area contributed by atoms with Gasteiger partial charge < -0.3 is 10.5 Å². The number of ether oxygens (including phenoxy) is 1. The molecule has 2 unspecified atom stereocenters. The summed E-state index contributed by atoms with van der Waals surface area (Å²) < 4.78 is 31.4. The number of likely N-dealkylation sites (N-methyl/N-ethyl adjacent to an activating group) is 1. The molecule has 0 spiro atoms. The first-order chi connectivity index (χ1) is 8.38. The molecule has 1 aliphatic carbocycles. The van der Waals surface area contributed by atoms with Gasteiger partial charge in [-0.1, -0.05) is 12.8 Å². The van der Waals surface area contributed by atoms with Gasteiger partial charge in [-0.05, 0) is 19.8 Å². The Morgan fingerprint density at radius 3 is 2.61 bits per heavy atom. The molecule has 0 aromatic carbocycles. The summed E-state index contributed by atoms with van der Waals surface area (Å²) in [6.45, 7) is 1.72. The number of nitrogens with zero attached hydrogens (tertiary/aromatic N) is 1. The molecular formula is C10H21N3O4S. The minimum absolute atomic E-state index is 0.119. The monoisotopic (exact) mass is 279 g/mol. The molecule has 0 heterocycles. The fraction of sp³-hybridized carbons (Fsp3) is 0.900. The van der Waals surface area contributed by atoms with E-state index in [1.54, 1.807) is 6.92 Å². The molecule has 0 aromatic rings. The van der Waals surface area contributed by atoms with E-state index in [0.29, 0.717) is 6.42 Å². The number of hydrogen-bond acceptors (Lipinski definition) is 5. The van der Waals surface area contributed by atoms with E-state index in [2.05, 4.69) is 4.74 Å². The van der Waals surface area contributed by atoms with Crippen LogP contribution in [0.1, 0.15) is 32.6 Å². The van der Waals surface area contributed by atoms with Crippen molar-refractivity contribution in [3.05, 3.63) is 0 Å². The number of rotatable bonds is 4. The second-order valence-electron chi connectivity index (χ2n) is 4.36. The Hall–Kier alpha value is -0.860. The number of nitrogens with two attached hydrogens (primary N) is 1. The third kappa shape index (κ3) is 3.82. The molecule has 1 rings (SSSR count). The van der Waals surface area contributed by atoms with Crippen molar-refractivity contribution in [2.24, 2.45) is 5.73 Å². The van der Waals surface area contributed by atoms with Gasteiger partial charge in [-0.2, -0.15) is 12.7 Å². The normalized spacial score (nSPS) is 24.9. The third-order valence-electron chi connectivity index (χ3n) is 3.12. The lowest BCUT2D eigenvalue weighted by molar-refractivity contribution is 0.157. The van der Waals surface area contributed by atoms with Gasteiger partial charge in [0.05, 0.1) is 6.61 Å². The Balaban J connectivity index is 2.68. The molecule has 18 heavy (non-hydrogen) atoms. The van der Waals surface area contributed by atoms with Gasteiger partial charge in [0.1, 0.15) is 0 Å². The van der Waals surface area contributed by atoms with Crippen LogP contribution >= 0.6 is 0 Å². The Bertz CT molecular complexity index is 385. The van der Waals surface area contributed by atoms with E-state index in [1.165, 1.54) is 7.05 Å². The molecule has 8 heteroatoms. The minimum Gasteiger partial charge on any atom is -0.449 e. The van der Waals surface area contributed by atoms with Gasteiger partial charge in [-0.25, -0.2) is 9.52 Å². The van der Waals surface area contributed by atoms with E-state index in [9.17, 15) is 13.2 Å². The SMILES string of the molecule is CCOC(=O)NS(=O)(=O)N(C)C1CCCCC1N. The molecule has 0 aromatic heterocycles. The molecule has 2 atom stereocenters. The van der Waals surface area contributed by atoms with Crippen molar-refractivity contribution in [2.75, 3.05) is 13.7 Å². The van der Waals surface area contributed by atoms with Gasteiger partial charge >= 0.3 is 16.3 Å². The first kappa shape index (κ1) is 15.2. The first-order valence-electron chi connectivity index (χ1n) is 6.06. The third-order valence-corrected chi connectivity index (χ3v) is 4.57. The lowest BCUT2D eigenvalue weighted by atomic mass is 9.91. The van der Waals surface area contributed by atoms with Crippen LogP contribution in [0.15, 0.2) is 0 Å². The summed E-state index contributed by atoms with van der Waals surface area (Å²) in [4.78, 5) is 11.2. The van der Waals surface area contributed by atoms with Crippen molar-refractivity contribution in [1.29, 1.82) is 0 Å². The molecule has 1 saturated carbocycles. The molecular weight excluding hydrogens is 258 g/mol. The van der Waals surface area contributed by atoms with Crippen LogP contribution < -0.4 is 10.5 Å². The standard InChI is InChI=1S/C10H21N3O4S/c1-3-17-10(14)12-18(15,16)13(2)9-7-5-4-6-8(9)11/h8-9H,3-7,11H2,1-2H3,(H,12,14). The predicted molar refractivity (Wildman–Crippen MR) is 67.1 cm³/mol. The van der Waals surface area contributed by atoms with Crippen molar-refractivity contribution in [2.45, 2.75) is 44.7 Å². The molecule has 106 valence electrons. The van der Waals surface area contributed by atoms with Crippen molar-refractivity contribution in [3.63, 3.8) is 0 Å². The zero-order valence-corrected chi connectivity index (χ0v) is 11.6. The smallest absolute Gasteiger partial charge is 0.421 e. The van der Waals surface area contributed by atoms with E-state index < -0.39 is 16.3 Å². The lowest BCUT2D eigenvalue weighted by Crippen LogP contribution is -2.54. The highest BCUT2D eigenvalue weighted by atomic mass is 32.2. The van der Waals surface area contributed by atoms with Crippen molar-refractivity contribution < 1.29 is 17.9 Å². The minimum atomic E-state index is -3.89. The second-order valence-corrected chi connectivity index (χ2v) is 6.09. The van der Waals surface area contributed by atoms with Crippen LogP contribution in [0.5, 0.6) is 0 Å². The molecule has 1 amide bonds. The first-order valence-corrected chi connectivity index (χ1v) is 7.50. The summed E-state index contributed by atoms with van der Waals surface area (Å²) in [5.74, 6) is 0. The average Bonchev–Trinajstić information content (AvgIpc) is 2.28. The van der Waals surface area contributed by atoms with Crippen LogP contribution in [0.25, 0.3) is 0 Å². The summed E-state index contributed by atoms with van der Waals surface area (Å²) in [5, 5.41) is 0. The fourth-order valence-corrected chi connectivity index (χ4v) is 3.14. The van der Waals surface area contributed by atoms with Gasteiger partial charge in [0.15, 0.2) is 0 Å². The maximum atomic E-state index is 11.9. The lowest BCUT2D eigenvalue weighted by Gasteiger charge is -2.34. The van der Waals surface area contributed by atoms with Crippen LogP contribution in [-0.4, -0.2) is 44.6 Å². The van der Waals surface area contributed by atoms with Crippen LogP contribution in [0, 0.1) is 0 Å². The van der Waals surface area contributed by atoms with Crippen LogP contribution in [0.3, 0.4) is 0 Å². The number of hydrogen-bond donors (Lipinski definition) is 2. The highest BCUT2D eigenvalue weighted by molar-refractivity contribution is 7.87. The molecule has 7 nitrogen and oxygen atoms in total.